The van der Waals surface area contributed by atoms with Crippen molar-refractivity contribution < 1.29 is 4.79 Å². The molecule has 1 fully saturated rings. The van der Waals surface area contributed by atoms with Crippen molar-refractivity contribution in [2.45, 2.75) is 18.9 Å². The minimum atomic E-state index is -0.0217. The summed E-state index contributed by atoms with van der Waals surface area (Å²) in [5.41, 5.74) is 0.636. The van der Waals surface area contributed by atoms with Crippen LogP contribution >= 0.6 is 22.6 Å². The summed E-state index contributed by atoms with van der Waals surface area (Å²) in [6.45, 7) is 1.79. The minimum Gasteiger partial charge on any atom is -0.356 e. The van der Waals surface area contributed by atoms with E-state index < -0.39 is 0 Å². The molecule has 4 nitrogen and oxygen atoms in total. The predicted octanol–water partition coefficient (Wildman–Crippen LogP) is 1.10. The Morgan fingerprint density at radius 1 is 1.67 bits per heavy atom. The van der Waals surface area contributed by atoms with Crippen LogP contribution in [0.3, 0.4) is 0 Å². The molecule has 1 aromatic rings. The van der Waals surface area contributed by atoms with E-state index in [1.54, 1.807) is 0 Å². The molecule has 0 saturated carbocycles. The predicted molar refractivity (Wildman–Crippen MR) is 66.9 cm³/mol. The van der Waals surface area contributed by atoms with Crippen molar-refractivity contribution in [3.63, 3.8) is 0 Å². The van der Waals surface area contributed by atoms with Gasteiger partial charge in [-0.25, -0.2) is 0 Å². The first-order valence-electron chi connectivity index (χ1n) is 5.11. The van der Waals surface area contributed by atoms with E-state index in [9.17, 15) is 4.79 Å². The number of aromatic amines is 1. The maximum atomic E-state index is 11.6. The van der Waals surface area contributed by atoms with Crippen molar-refractivity contribution >= 4 is 28.5 Å². The number of aromatic nitrogens is 1. The molecule has 1 aliphatic rings. The number of amides is 1. The Labute approximate surface area is 102 Å². The highest BCUT2D eigenvalue weighted by atomic mass is 127. The SMILES string of the molecule is O=C(NCC1CCCN1)c1cc(I)c[nH]1. The summed E-state index contributed by atoms with van der Waals surface area (Å²) in [6.07, 6.45) is 4.19. The van der Waals surface area contributed by atoms with Gasteiger partial charge in [0.15, 0.2) is 0 Å². The molecule has 5 heteroatoms. The molecule has 0 radical (unpaired) electrons. The summed E-state index contributed by atoms with van der Waals surface area (Å²) in [6, 6.07) is 2.29. The molecule has 0 spiro atoms. The quantitative estimate of drug-likeness (QED) is 0.731. The highest BCUT2D eigenvalue weighted by Crippen LogP contribution is 2.07. The van der Waals surface area contributed by atoms with Gasteiger partial charge in [0.25, 0.3) is 5.91 Å². The molecule has 2 heterocycles. The zero-order valence-corrected chi connectivity index (χ0v) is 10.5. The van der Waals surface area contributed by atoms with E-state index in [1.807, 2.05) is 12.3 Å². The molecule has 1 unspecified atom stereocenters. The van der Waals surface area contributed by atoms with Gasteiger partial charge in [0, 0.05) is 22.4 Å². The second-order valence-electron chi connectivity index (χ2n) is 3.73. The second-order valence-corrected chi connectivity index (χ2v) is 4.98. The fraction of sp³-hybridized carbons (Fsp3) is 0.500. The molecule has 3 N–H and O–H groups in total. The maximum Gasteiger partial charge on any atom is 0.267 e. The second kappa shape index (κ2) is 4.98. The fourth-order valence-electron chi connectivity index (χ4n) is 1.74. The average Bonchev–Trinajstić information content (AvgIpc) is 2.84. The summed E-state index contributed by atoms with van der Waals surface area (Å²) in [5, 5.41) is 6.26. The molecule has 1 atom stereocenters. The monoisotopic (exact) mass is 319 g/mol. The maximum absolute atomic E-state index is 11.6. The Morgan fingerprint density at radius 3 is 3.13 bits per heavy atom. The largest absolute Gasteiger partial charge is 0.356 e. The van der Waals surface area contributed by atoms with E-state index in [0.29, 0.717) is 18.3 Å². The zero-order valence-electron chi connectivity index (χ0n) is 8.35. The van der Waals surface area contributed by atoms with E-state index >= 15 is 0 Å². The van der Waals surface area contributed by atoms with Gasteiger partial charge in [0.1, 0.15) is 5.69 Å². The lowest BCUT2D eigenvalue weighted by molar-refractivity contribution is 0.0946. The van der Waals surface area contributed by atoms with E-state index in [-0.39, 0.29) is 5.91 Å². The van der Waals surface area contributed by atoms with Gasteiger partial charge in [-0.05, 0) is 48.0 Å². The van der Waals surface area contributed by atoms with Crippen molar-refractivity contribution in [2.75, 3.05) is 13.1 Å². The molecule has 0 aliphatic carbocycles. The summed E-state index contributed by atoms with van der Waals surface area (Å²) in [5.74, 6) is -0.0217. The molecule has 1 amide bonds. The molecule has 82 valence electrons. The standard InChI is InChI=1S/C10H14IN3O/c11-7-4-9(13-5-7)10(15)14-6-8-2-1-3-12-8/h4-5,8,12-13H,1-3,6H2,(H,14,15). The first-order chi connectivity index (χ1) is 7.25. The Morgan fingerprint density at radius 2 is 2.53 bits per heavy atom. The van der Waals surface area contributed by atoms with E-state index in [0.717, 1.165) is 16.5 Å². The third-order valence-electron chi connectivity index (χ3n) is 2.56. The van der Waals surface area contributed by atoms with Crippen LogP contribution in [0.5, 0.6) is 0 Å². The van der Waals surface area contributed by atoms with Crippen molar-refractivity contribution in [2.24, 2.45) is 0 Å². The lowest BCUT2D eigenvalue weighted by Gasteiger charge is -2.10. The molecule has 1 aromatic heterocycles. The zero-order chi connectivity index (χ0) is 10.7. The van der Waals surface area contributed by atoms with Gasteiger partial charge in [-0.2, -0.15) is 0 Å². The fourth-order valence-corrected chi connectivity index (χ4v) is 2.21. The smallest absolute Gasteiger partial charge is 0.267 e. The summed E-state index contributed by atoms with van der Waals surface area (Å²) < 4.78 is 1.05. The van der Waals surface area contributed by atoms with E-state index in [4.69, 9.17) is 0 Å². The van der Waals surface area contributed by atoms with Crippen molar-refractivity contribution in [3.05, 3.63) is 21.5 Å². The lowest BCUT2D eigenvalue weighted by atomic mass is 10.2. The molecule has 15 heavy (non-hydrogen) atoms. The number of H-pyrrole nitrogens is 1. The van der Waals surface area contributed by atoms with Crippen LogP contribution in [0.4, 0.5) is 0 Å². The highest BCUT2D eigenvalue weighted by Gasteiger charge is 2.15. The average molecular weight is 319 g/mol. The number of carbonyl (C=O) groups is 1. The highest BCUT2D eigenvalue weighted by molar-refractivity contribution is 14.1. The molecular weight excluding hydrogens is 305 g/mol. The number of carbonyl (C=O) groups excluding carboxylic acids is 1. The van der Waals surface area contributed by atoms with Crippen LogP contribution in [-0.4, -0.2) is 30.0 Å². The number of rotatable bonds is 3. The van der Waals surface area contributed by atoms with Gasteiger partial charge < -0.3 is 15.6 Å². The molecule has 2 rings (SSSR count). The van der Waals surface area contributed by atoms with Crippen LogP contribution in [0.2, 0.25) is 0 Å². The van der Waals surface area contributed by atoms with Gasteiger partial charge in [-0.15, -0.1) is 0 Å². The minimum absolute atomic E-state index is 0.0217. The first-order valence-corrected chi connectivity index (χ1v) is 6.19. The van der Waals surface area contributed by atoms with Crippen LogP contribution in [0.15, 0.2) is 12.3 Å². The number of halogens is 1. The van der Waals surface area contributed by atoms with Crippen LogP contribution in [-0.2, 0) is 0 Å². The Kier molecular flexibility index (Phi) is 3.63. The van der Waals surface area contributed by atoms with Gasteiger partial charge in [0.2, 0.25) is 0 Å². The number of hydrogen-bond acceptors (Lipinski definition) is 2. The van der Waals surface area contributed by atoms with E-state index in [1.165, 1.54) is 6.42 Å². The Hall–Kier alpha value is -0.560. The van der Waals surface area contributed by atoms with Crippen LogP contribution in [0, 0.1) is 3.57 Å². The van der Waals surface area contributed by atoms with Crippen molar-refractivity contribution in [3.8, 4) is 0 Å². The summed E-state index contributed by atoms with van der Waals surface area (Å²) in [4.78, 5) is 14.6. The van der Waals surface area contributed by atoms with Gasteiger partial charge in [0.05, 0.1) is 0 Å². The van der Waals surface area contributed by atoms with Crippen LogP contribution in [0.25, 0.3) is 0 Å². The van der Waals surface area contributed by atoms with Gasteiger partial charge in [-0.3, -0.25) is 4.79 Å². The molecule has 1 aliphatic heterocycles. The lowest BCUT2D eigenvalue weighted by Crippen LogP contribution is -2.37. The number of nitrogens with one attached hydrogen (secondary N) is 3. The topological polar surface area (TPSA) is 56.9 Å². The van der Waals surface area contributed by atoms with Crippen LogP contribution in [0.1, 0.15) is 23.3 Å². The Bertz CT molecular complexity index is 344. The Balaban J connectivity index is 1.81. The van der Waals surface area contributed by atoms with E-state index in [2.05, 4.69) is 38.2 Å². The third kappa shape index (κ3) is 2.94. The first kappa shape index (κ1) is 10.9. The summed E-state index contributed by atoms with van der Waals surface area (Å²) >= 11 is 2.18. The summed E-state index contributed by atoms with van der Waals surface area (Å²) in [7, 11) is 0. The molecule has 0 aromatic carbocycles. The van der Waals surface area contributed by atoms with Gasteiger partial charge in [-0.1, -0.05) is 0 Å². The van der Waals surface area contributed by atoms with Gasteiger partial charge >= 0.3 is 0 Å². The number of hydrogen-bond donors (Lipinski definition) is 3. The third-order valence-corrected chi connectivity index (χ3v) is 3.19. The molecule has 0 bridgehead atoms. The van der Waals surface area contributed by atoms with Crippen LogP contribution < -0.4 is 10.6 Å². The molecular formula is C10H14IN3O. The van der Waals surface area contributed by atoms with Crippen molar-refractivity contribution in [1.29, 1.82) is 0 Å². The normalized spacial score (nSPS) is 20.5. The van der Waals surface area contributed by atoms with Crippen molar-refractivity contribution in [1.82, 2.24) is 15.6 Å². The molecule has 1 saturated heterocycles.